The number of aryl methyl sites for hydroxylation is 2. The van der Waals surface area contributed by atoms with Gasteiger partial charge in [0.15, 0.2) is 0 Å². The molecule has 0 saturated heterocycles. The van der Waals surface area contributed by atoms with E-state index in [9.17, 15) is 0 Å². The summed E-state index contributed by atoms with van der Waals surface area (Å²) in [6.07, 6.45) is 0.732. The monoisotopic (exact) mass is 341 g/mol. The van der Waals surface area contributed by atoms with E-state index in [4.69, 9.17) is 17.3 Å². The van der Waals surface area contributed by atoms with Gasteiger partial charge in [0.25, 0.3) is 0 Å². The predicted octanol–water partition coefficient (Wildman–Crippen LogP) is 3.87. The van der Waals surface area contributed by atoms with Crippen molar-refractivity contribution in [1.82, 2.24) is 9.78 Å². The second-order valence-corrected chi connectivity index (χ2v) is 5.89. The molecule has 102 valence electrons. The average molecular weight is 343 g/mol. The number of nitrogens with two attached hydrogens (primary N) is 1. The highest BCUT2D eigenvalue weighted by atomic mass is 79.9. The highest BCUT2D eigenvalue weighted by molar-refractivity contribution is 9.10. The van der Waals surface area contributed by atoms with E-state index in [-0.39, 0.29) is 6.04 Å². The van der Waals surface area contributed by atoms with Crippen LogP contribution >= 0.6 is 27.5 Å². The lowest BCUT2D eigenvalue weighted by molar-refractivity contribution is 0.587. The maximum absolute atomic E-state index is 6.27. The van der Waals surface area contributed by atoms with E-state index in [0.29, 0.717) is 5.02 Å². The predicted molar refractivity (Wildman–Crippen MR) is 82.4 cm³/mol. The van der Waals surface area contributed by atoms with E-state index < -0.39 is 0 Å². The Kier molecular flexibility index (Phi) is 4.66. The molecule has 2 aromatic rings. The van der Waals surface area contributed by atoms with Gasteiger partial charge in [0.05, 0.1) is 5.69 Å². The number of halogens is 2. The summed E-state index contributed by atoms with van der Waals surface area (Å²) in [6, 6.07) is 7.76. The average Bonchev–Trinajstić information content (AvgIpc) is 2.69. The molecule has 3 nitrogen and oxygen atoms in total. The van der Waals surface area contributed by atoms with Crippen LogP contribution < -0.4 is 5.73 Å². The van der Waals surface area contributed by atoms with Crippen molar-refractivity contribution in [3.05, 3.63) is 50.7 Å². The molecule has 0 radical (unpaired) electrons. The third-order valence-electron chi connectivity index (χ3n) is 3.08. The number of benzene rings is 1. The largest absolute Gasteiger partial charge is 0.324 e. The zero-order chi connectivity index (χ0) is 14.0. The number of aromatic nitrogens is 2. The van der Waals surface area contributed by atoms with Gasteiger partial charge in [-0.1, -0.05) is 33.6 Å². The molecule has 2 rings (SSSR count). The minimum atomic E-state index is -0.123. The van der Waals surface area contributed by atoms with Gasteiger partial charge < -0.3 is 5.73 Å². The Labute approximate surface area is 126 Å². The fourth-order valence-corrected chi connectivity index (χ4v) is 2.99. The summed E-state index contributed by atoms with van der Waals surface area (Å²) in [5.41, 5.74) is 9.40. The Balaban J connectivity index is 2.22. The molecule has 2 N–H and O–H groups in total. The third kappa shape index (κ3) is 3.38. The van der Waals surface area contributed by atoms with Crippen LogP contribution in [-0.4, -0.2) is 9.78 Å². The molecular weight excluding hydrogens is 326 g/mol. The highest BCUT2D eigenvalue weighted by Crippen LogP contribution is 2.27. The highest BCUT2D eigenvalue weighted by Gasteiger charge is 2.14. The first-order valence-electron chi connectivity index (χ1n) is 6.25. The Morgan fingerprint density at radius 3 is 2.79 bits per heavy atom. The van der Waals surface area contributed by atoms with E-state index in [1.807, 2.05) is 29.8 Å². The van der Waals surface area contributed by atoms with Crippen molar-refractivity contribution in [1.29, 1.82) is 0 Å². The van der Waals surface area contributed by atoms with Gasteiger partial charge in [0.1, 0.15) is 0 Å². The topological polar surface area (TPSA) is 43.8 Å². The van der Waals surface area contributed by atoms with E-state index in [0.717, 1.165) is 34.4 Å². The first-order valence-corrected chi connectivity index (χ1v) is 7.42. The van der Waals surface area contributed by atoms with Crippen LogP contribution in [0.25, 0.3) is 0 Å². The van der Waals surface area contributed by atoms with E-state index >= 15 is 0 Å². The normalized spacial score (nSPS) is 12.7. The van der Waals surface area contributed by atoms with Gasteiger partial charge in [-0.2, -0.15) is 5.10 Å². The number of hydrogen-bond donors (Lipinski definition) is 1. The molecule has 1 heterocycles. The molecule has 19 heavy (non-hydrogen) atoms. The maximum atomic E-state index is 6.27. The molecule has 0 spiro atoms. The molecule has 0 fully saturated rings. The van der Waals surface area contributed by atoms with Gasteiger partial charge in [0, 0.05) is 34.2 Å². The summed E-state index contributed by atoms with van der Waals surface area (Å²) >= 11 is 9.64. The molecule has 1 aromatic heterocycles. The second kappa shape index (κ2) is 6.07. The molecule has 5 heteroatoms. The molecular formula is C14H17BrClN3. The SMILES string of the molecule is CCn1nc(C)cc1CC(N)c1ccc(Br)cc1Cl. The van der Waals surface area contributed by atoms with Crippen LogP contribution in [0.4, 0.5) is 0 Å². The van der Waals surface area contributed by atoms with Crippen LogP contribution in [0.15, 0.2) is 28.7 Å². The molecule has 1 aromatic carbocycles. The summed E-state index contributed by atoms with van der Waals surface area (Å²) in [5.74, 6) is 0. The minimum Gasteiger partial charge on any atom is -0.324 e. The van der Waals surface area contributed by atoms with Crippen molar-refractivity contribution >= 4 is 27.5 Å². The summed E-state index contributed by atoms with van der Waals surface area (Å²) in [5, 5.41) is 5.13. The van der Waals surface area contributed by atoms with Crippen molar-refractivity contribution < 1.29 is 0 Å². The quantitative estimate of drug-likeness (QED) is 0.916. The smallest absolute Gasteiger partial charge is 0.0596 e. The third-order valence-corrected chi connectivity index (χ3v) is 3.90. The zero-order valence-electron chi connectivity index (χ0n) is 11.0. The lowest BCUT2D eigenvalue weighted by Crippen LogP contribution is -2.16. The molecule has 0 amide bonds. The Hall–Kier alpha value is -0.840. The summed E-state index contributed by atoms with van der Waals surface area (Å²) in [7, 11) is 0. The maximum Gasteiger partial charge on any atom is 0.0596 e. The van der Waals surface area contributed by atoms with Crippen LogP contribution in [0.1, 0.15) is 29.9 Å². The molecule has 0 aliphatic carbocycles. The van der Waals surface area contributed by atoms with E-state index in [1.54, 1.807) is 0 Å². The van der Waals surface area contributed by atoms with E-state index in [2.05, 4.69) is 34.0 Å². The van der Waals surface area contributed by atoms with Crippen LogP contribution in [0.5, 0.6) is 0 Å². The summed E-state index contributed by atoms with van der Waals surface area (Å²) in [6.45, 7) is 4.92. The first kappa shape index (κ1) is 14.6. The standard InChI is InChI=1S/C14H17BrClN3/c1-3-19-11(6-9(2)18-19)8-14(17)12-5-4-10(15)7-13(12)16/h4-7,14H,3,8,17H2,1-2H3. The summed E-state index contributed by atoms with van der Waals surface area (Å²) < 4.78 is 2.95. The van der Waals surface area contributed by atoms with Gasteiger partial charge in [-0.25, -0.2) is 0 Å². The fraction of sp³-hybridized carbons (Fsp3) is 0.357. The Bertz CT molecular complexity index is 580. The number of rotatable bonds is 4. The Morgan fingerprint density at radius 2 is 2.16 bits per heavy atom. The molecule has 0 saturated carbocycles. The van der Waals surface area contributed by atoms with Crippen molar-refractivity contribution in [2.45, 2.75) is 32.9 Å². The lowest BCUT2D eigenvalue weighted by atomic mass is 10.0. The Morgan fingerprint density at radius 1 is 1.42 bits per heavy atom. The van der Waals surface area contributed by atoms with Crippen LogP contribution in [0.2, 0.25) is 5.02 Å². The van der Waals surface area contributed by atoms with Gasteiger partial charge in [-0.3, -0.25) is 4.68 Å². The van der Waals surface area contributed by atoms with Crippen molar-refractivity contribution in [3.63, 3.8) is 0 Å². The van der Waals surface area contributed by atoms with Gasteiger partial charge in [0.2, 0.25) is 0 Å². The van der Waals surface area contributed by atoms with Gasteiger partial charge >= 0.3 is 0 Å². The van der Waals surface area contributed by atoms with Crippen molar-refractivity contribution in [3.8, 4) is 0 Å². The zero-order valence-corrected chi connectivity index (χ0v) is 13.4. The van der Waals surface area contributed by atoms with Crippen molar-refractivity contribution in [2.24, 2.45) is 5.73 Å². The molecule has 0 bridgehead atoms. The first-order chi connectivity index (χ1) is 9.01. The molecule has 0 aliphatic heterocycles. The number of hydrogen-bond acceptors (Lipinski definition) is 2. The van der Waals surface area contributed by atoms with Crippen LogP contribution in [0.3, 0.4) is 0 Å². The van der Waals surface area contributed by atoms with Gasteiger partial charge in [-0.15, -0.1) is 0 Å². The van der Waals surface area contributed by atoms with Gasteiger partial charge in [-0.05, 0) is 37.6 Å². The lowest BCUT2D eigenvalue weighted by Gasteiger charge is -2.14. The van der Waals surface area contributed by atoms with Crippen LogP contribution in [-0.2, 0) is 13.0 Å². The summed E-state index contributed by atoms with van der Waals surface area (Å²) in [4.78, 5) is 0. The molecule has 0 aliphatic rings. The van der Waals surface area contributed by atoms with Crippen LogP contribution in [0, 0.1) is 6.92 Å². The number of nitrogens with zero attached hydrogens (tertiary/aromatic N) is 2. The minimum absolute atomic E-state index is 0.123. The molecule has 1 unspecified atom stereocenters. The fourth-order valence-electron chi connectivity index (χ4n) is 2.17. The second-order valence-electron chi connectivity index (χ2n) is 4.57. The molecule has 1 atom stereocenters. The van der Waals surface area contributed by atoms with E-state index in [1.165, 1.54) is 0 Å². The van der Waals surface area contributed by atoms with Crippen molar-refractivity contribution in [2.75, 3.05) is 0 Å².